The number of hydrogen-bond acceptors (Lipinski definition) is 3. The number of hydrogen-bond donors (Lipinski definition) is 1. The highest BCUT2D eigenvalue weighted by Crippen LogP contribution is 2.33. The Morgan fingerprint density at radius 2 is 2.30 bits per heavy atom. The molecule has 0 saturated heterocycles. The Hall–Kier alpha value is -2.36. The fraction of sp³-hybridized carbons (Fsp3) is 0.250. The molecule has 0 spiro atoms. The Morgan fingerprint density at radius 3 is 3.05 bits per heavy atom. The molecule has 1 amide bonds. The van der Waals surface area contributed by atoms with E-state index in [0.29, 0.717) is 5.56 Å². The SMILES string of the molecule is COc1ccc2c(c1)[C@H](NC(=O)c1cccnc1)CC2. The molecule has 0 unspecified atom stereocenters. The highest BCUT2D eigenvalue weighted by molar-refractivity contribution is 5.94. The number of aromatic nitrogens is 1. The van der Waals surface area contributed by atoms with Gasteiger partial charge in [0, 0.05) is 12.4 Å². The molecule has 0 bridgehead atoms. The van der Waals surface area contributed by atoms with Gasteiger partial charge in [0.15, 0.2) is 0 Å². The lowest BCUT2D eigenvalue weighted by molar-refractivity contribution is 0.0936. The van der Waals surface area contributed by atoms with Gasteiger partial charge in [0.25, 0.3) is 5.91 Å². The van der Waals surface area contributed by atoms with Crippen LogP contribution in [0.1, 0.15) is 33.9 Å². The largest absolute Gasteiger partial charge is 0.497 e. The number of rotatable bonds is 3. The van der Waals surface area contributed by atoms with Gasteiger partial charge in [-0.1, -0.05) is 6.07 Å². The van der Waals surface area contributed by atoms with Crippen LogP contribution in [0.4, 0.5) is 0 Å². The summed E-state index contributed by atoms with van der Waals surface area (Å²) in [6.45, 7) is 0. The lowest BCUT2D eigenvalue weighted by Crippen LogP contribution is -2.27. The predicted octanol–water partition coefficient (Wildman–Crippen LogP) is 2.51. The highest BCUT2D eigenvalue weighted by Gasteiger charge is 2.24. The molecule has 4 heteroatoms. The van der Waals surface area contributed by atoms with Crippen LogP contribution in [0.3, 0.4) is 0 Å². The van der Waals surface area contributed by atoms with Crippen molar-refractivity contribution in [3.8, 4) is 5.75 Å². The minimum Gasteiger partial charge on any atom is -0.497 e. The number of carbonyl (C=O) groups excluding carboxylic acids is 1. The molecule has 0 aliphatic heterocycles. The standard InChI is InChI=1S/C16H16N2O2/c1-20-13-6-4-11-5-7-15(14(11)9-13)18-16(19)12-3-2-8-17-10-12/h2-4,6,8-10,15H,5,7H2,1H3,(H,18,19)/t15-/m1/s1. The summed E-state index contributed by atoms with van der Waals surface area (Å²) in [6, 6.07) is 9.63. The monoisotopic (exact) mass is 268 g/mol. The Balaban J connectivity index is 1.80. The Morgan fingerprint density at radius 1 is 1.40 bits per heavy atom. The Bertz CT molecular complexity index is 626. The fourth-order valence-electron chi connectivity index (χ4n) is 2.60. The van der Waals surface area contributed by atoms with E-state index in [1.165, 1.54) is 5.56 Å². The summed E-state index contributed by atoms with van der Waals surface area (Å²) in [5.74, 6) is 0.741. The van der Waals surface area contributed by atoms with E-state index in [2.05, 4.69) is 16.4 Å². The molecule has 1 aliphatic rings. The number of methoxy groups -OCH3 is 1. The summed E-state index contributed by atoms with van der Waals surface area (Å²) in [5.41, 5.74) is 3.02. The number of benzene rings is 1. The van der Waals surface area contributed by atoms with Crippen LogP contribution in [0.25, 0.3) is 0 Å². The minimum absolute atomic E-state index is 0.0489. The lowest BCUT2D eigenvalue weighted by atomic mass is 10.1. The van der Waals surface area contributed by atoms with Crippen molar-refractivity contribution in [3.05, 3.63) is 59.4 Å². The van der Waals surface area contributed by atoms with E-state index >= 15 is 0 Å². The number of amides is 1. The minimum atomic E-state index is -0.0845. The van der Waals surface area contributed by atoms with E-state index in [1.54, 1.807) is 31.6 Å². The first-order valence-corrected chi connectivity index (χ1v) is 6.65. The second kappa shape index (κ2) is 5.33. The molecule has 20 heavy (non-hydrogen) atoms. The van der Waals surface area contributed by atoms with Crippen LogP contribution in [0.5, 0.6) is 5.75 Å². The van der Waals surface area contributed by atoms with Crippen molar-refractivity contribution in [2.75, 3.05) is 7.11 Å². The molecule has 1 aliphatic carbocycles. The Labute approximate surface area is 117 Å². The second-order valence-corrected chi connectivity index (χ2v) is 4.87. The third kappa shape index (κ3) is 2.37. The number of ether oxygens (including phenoxy) is 1. The molecule has 1 aromatic carbocycles. The first-order valence-electron chi connectivity index (χ1n) is 6.65. The van der Waals surface area contributed by atoms with Gasteiger partial charge in [0.05, 0.1) is 18.7 Å². The molecule has 2 aromatic rings. The summed E-state index contributed by atoms with van der Waals surface area (Å²) in [4.78, 5) is 16.2. The molecular weight excluding hydrogens is 252 g/mol. The molecule has 1 heterocycles. The molecular formula is C16H16N2O2. The maximum atomic E-state index is 12.2. The van der Waals surface area contributed by atoms with Crippen molar-refractivity contribution in [2.45, 2.75) is 18.9 Å². The molecule has 102 valence electrons. The van der Waals surface area contributed by atoms with E-state index in [9.17, 15) is 4.79 Å². The molecule has 0 fully saturated rings. The zero-order valence-corrected chi connectivity index (χ0v) is 11.3. The fourth-order valence-corrected chi connectivity index (χ4v) is 2.60. The van der Waals surface area contributed by atoms with Gasteiger partial charge in [0.1, 0.15) is 5.75 Å². The van der Waals surface area contributed by atoms with Gasteiger partial charge >= 0.3 is 0 Å². The third-order valence-corrected chi connectivity index (χ3v) is 3.66. The maximum absolute atomic E-state index is 12.2. The first-order chi connectivity index (χ1) is 9.78. The van der Waals surface area contributed by atoms with Crippen molar-refractivity contribution in [1.29, 1.82) is 0 Å². The third-order valence-electron chi connectivity index (χ3n) is 3.66. The van der Waals surface area contributed by atoms with Crippen molar-refractivity contribution in [3.63, 3.8) is 0 Å². The predicted molar refractivity (Wildman–Crippen MR) is 75.8 cm³/mol. The number of carbonyl (C=O) groups is 1. The second-order valence-electron chi connectivity index (χ2n) is 4.87. The molecule has 1 atom stereocenters. The highest BCUT2D eigenvalue weighted by atomic mass is 16.5. The van der Waals surface area contributed by atoms with Gasteiger partial charge in [-0.15, -0.1) is 0 Å². The molecule has 1 aromatic heterocycles. The van der Waals surface area contributed by atoms with Crippen LogP contribution in [0.2, 0.25) is 0 Å². The summed E-state index contributed by atoms with van der Waals surface area (Å²) >= 11 is 0. The normalized spacial score (nSPS) is 16.6. The molecule has 0 saturated carbocycles. The van der Waals surface area contributed by atoms with Crippen LogP contribution in [-0.4, -0.2) is 18.0 Å². The van der Waals surface area contributed by atoms with E-state index in [4.69, 9.17) is 4.74 Å². The quantitative estimate of drug-likeness (QED) is 0.930. The smallest absolute Gasteiger partial charge is 0.253 e. The summed E-state index contributed by atoms with van der Waals surface area (Å²) in [5, 5.41) is 3.07. The summed E-state index contributed by atoms with van der Waals surface area (Å²) in [6.07, 6.45) is 5.15. The van der Waals surface area contributed by atoms with Gasteiger partial charge in [-0.3, -0.25) is 9.78 Å². The number of fused-ring (bicyclic) bond motifs is 1. The van der Waals surface area contributed by atoms with Crippen LogP contribution < -0.4 is 10.1 Å². The zero-order valence-electron chi connectivity index (χ0n) is 11.3. The Kier molecular flexibility index (Phi) is 3.37. The first kappa shape index (κ1) is 12.7. The molecule has 0 radical (unpaired) electrons. The molecule has 3 rings (SSSR count). The van der Waals surface area contributed by atoms with Crippen molar-refractivity contribution >= 4 is 5.91 Å². The van der Waals surface area contributed by atoms with Crippen molar-refractivity contribution in [1.82, 2.24) is 10.3 Å². The number of aryl methyl sites for hydroxylation is 1. The molecule has 1 N–H and O–H groups in total. The number of pyridine rings is 1. The van der Waals surface area contributed by atoms with Gasteiger partial charge in [-0.05, 0) is 48.2 Å². The topological polar surface area (TPSA) is 51.2 Å². The van der Waals surface area contributed by atoms with E-state index in [-0.39, 0.29) is 11.9 Å². The van der Waals surface area contributed by atoms with Crippen LogP contribution in [0.15, 0.2) is 42.7 Å². The van der Waals surface area contributed by atoms with E-state index in [0.717, 1.165) is 24.2 Å². The average molecular weight is 268 g/mol. The van der Waals surface area contributed by atoms with Crippen LogP contribution in [0, 0.1) is 0 Å². The summed E-state index contributed by atoms with van der Waals surface area (Å²) in [7, 11) is 1.65. The van der Waals surface area contributed by atoms with Crippen molar-refractivity contribution < 1.29 is 9.53 Å². The van der Waals surface area contributed by atoms with E-state index < -0.39 is 0 Å². The zero-order chi connectivity index (χ0) is 13.9. The molecule has 4 nitrogen and oxygen atoms in total. The van der Waals surface area contributed by atoms with Gasteiger partial charge in [-0.25, -0.2) is 0 Å². The summed E-state index contributed by atoms with van der Waals surface area (Å²) < 4.78 is 5.25. The van der Waals surface area contributed by atoms with Crippen LogP contribution in [-0.2, 0) is 6.42 Å². The number of nitrogens with one attached hydrogen (secondary N) is 1. The number of nitrogens with zero attached hydrogens (tertiary/aromatic N) is 1. The van der Waals surface area contributed by atoms with Gasteiger partial charge in [0.2, 0.25) is 0 Å². The van der Waals surface area contributed by atoms with Crippen molar-refractivity contribution in [2.24, 2.45) is 0 Å². The average Bonchev–Trinajstić information content (AvgIpc) is 2.90. The van der Waals surface area contributed by atoms with E-state index in [1.807, 2.05) is 12.1 Å². The maximum Gasteiger partial charge on any atom is 0.253 e. The van der Waals surface area contributed by atoms with Crippen LogP contribution >= 0.6 is 0 Å². The lowest BCUT2D eigenvalue weighted by Gasteiger charge is -2.14. The van der Waals surface area contributed by atoms with Gasteiger partial charge < -0.3 is 10.1 Å². The van der Waals surface area contributed by atoms with Gasteiger partial charge in [-0.2, -0.15) is 0 Å².